The number of primary sulfonamides is 1. The molecule has 2 unspecified atom stereocenters. The monoisotopic (exact) mass is 501 g/mol. The number of fused-ring (bicyclic) bond motifs is 1. The Bertz CT molecular complexity index is 1200. The first-order valence-corrected chi connectivity index (χ1v) is 13.4. The van der Waals surface area contributed by atoms with Crippen LogP contribution in [0.4, 0.5) is 5.69 Å². The number of nitrogens with one attached hydrogen (secondary N) is 3. The zero-order valence-electron chi connectivity index (χ0n) is 17.7. The number of anilines is 1. The molecule has 8 N–H and O–H groups in total. The molecule has 2 aliphatic heterocycles. The number of hydrogen-bond acceptors (Lipinski definition) is 11. The molecule has 14 nitrogen and oxygen atoms in total. The highest BCUT2D eigenvalue weighted by Gasteiger charge is 2.37. The minimum absolute atomic E-state index is 0.0436. The Balaban J connectivity index is 1.86. The van der Waals surface area contributed by atoms with Gasteiger partial charge in [-0.3, -0.25) is 0 Å². The predicted octanol–water partition coefficient (Wildman–Crippen LogP) is -2.84. The maximum absolute atomic E-state index is 13.0. The molecule has 1 aromatic heterocycles. The van der Waals surface area contributed by atoms with Gasteiger partial charge in [-0.25, -0.2) is 26.7 Å². The predicted molar refractivity (Wildman–Crippen MR) is 118 cm³/mol. The molecular weight excluding hydrogens is 474 g/mol. The smallest absolute Gasteiger partial charge is 0.242 e. The van der Waals surface area contributed by atoms with Crippen LogP contribution < -0.4 is 25.8 Å². The molecule has 2 aliphatic rings. The molecular formula is C17H27N9O5S2. The summed E-state index contributed by atoms with van der Waals surface area (Å²) in [7, 11) is -8.96. The summed E-state index contributed by atoms with van der Waals surface area (Å²) in [4.78, 5) is 0.786. The fourth-order valence-corrected chi connectivity index (χ4v) is 7.08. The summed E-state index contributed by atoms with van der Waals surface area (Å²) in [6, 6.07) is 2.71. The lowest BCUT2D eigenvalue weighted by Crippen LogP contribution is -2.40. The number of aliphatic hydroxyl groups is 1. The number of tetrazole rings is 1. The van der Waals surface area contributed by atoms with Crippen LogP contribution in [0.25, 0.3) is 11.4 Å². The number of rotatable bonds is 8. The van der Waals surface area contributed by atoms with Crippen molar-refractivity contribution in [2.75, 3.05) is 44.2 Å². The van der Waals surface area contributed by atoms with E-state index in [0.717, 1.165) is 19.5 Å². The SMILES string of the molecule is NC[C@@H](O)CNS(=O)(=O)c1ccc(N2CCC3CNCC3C2)c(-c2nn[nH]n2)c1S(N)(=O)=O. The third-order valence-corrected chi connectivity index (χ3v) is 8.66. The molecule has 16 heteroatoms. The molecule has 2 aromatic rings. The number of nitrogens with zero attached hydrogens (tertiary/aromatic N) is 4. The molecule has 0 radical (unpaired) electrons. The number of H-pyrrole nitrogens is 1. The molecule has 3 heterocycles. The Morgan fingerprint density at radius 1 is 1.24 bits per heavy atom. The Morgan fingerprint density at radius 2 is 2.00 bits per heavy atom. The number of piperidine rings is 1. The van der Waals surface area contributed by atoms with Crippen LogP contribution in [0.5, 0.6) is 0 Å². The third kappa shape index (κ3) is 4.86. The summed E-state index contributed by atoms with van der Waals surface area (Å²) in [5.74, 6) is 0.808. The molecule has 0 bridgehead atoms. The van der Waals surface area contributed by atoms with Crippen LogP contribution in [0.3, 0.4) is 0 Å². The van der Waals surface area contributed by atoms with Gasteiger partial charge in [0.05, 0.1) is 11.7 Å². The van der Waals surface area contributed by atoms with Crippen molar-refractivity contribution in [1.82, 2.24) is 30.7 Å². The van der Waals surface area contributed by atoms with Crippen molar-refractivity contribution in [3.63, 3.8) is 0 Å². The first-order valence-electron chi connectivity index (χ1n) is 10.4. The van der Waals surface area contributed by atoms with Crippen LogP contribution >= 0.6 is 0 Å². The Kier molecular flexibility index (Phi) is 6.68. The number of nitrogens with two attached hydrogens (primary N) is 2. The van der Waals surface area contributed by atoms with Gasteiger partial charge in [0.15, 0.2) is 0 Å². The van der Waals surface area contributed by atoms with Crippen molar-refractivity contribution in [2.45, 2.75) is 22.3 Å². The summed E-state index contributed by atoms with van der Waals surface area (Å²) < 4.78 is 53.7. The standard InChI is InChI=1S/C17H27N9O5S2/c18-5-12(27)8-21-33(30,31)14-2-1-13(26-4-3-10-6-20-7-11(10)9-26)15(16(14)32(19,28)29)17-22-24-25-23-17/h1-2,10-12,20-21,27H,3-9,18H2,(H2,19,28,29)(H,22,23,24,25)/t10?,11?,12-/m1/s1. The highest BCUT2D eigenvalue weighted by Crippen LogP contribution is 2.40. The third-order valence-electron chi connectivity index (χ3n) is 6.07. The van der Waals surface area contributed by atoms with E-state index < -0.39 is 42.5 Å². The maximum Gasteiger partial charge on any atom is 0.242 e. The van der Waals surface area contributed by atoms with Crippen LogP contribution in [0, 0.1) is 11.8 Å². The number of aromatic amines is 1. The molecule has 33 heavy (non-hydrogen) atoms. The molecule has 2 fully saturated rings. The van der Waals surface area contributed by atoms with Crippen LogP contribution in [0.1, 0.15) is 6.42 Å². The van der Waals surface area contributed by atoms with Gasteiger partial charge in [-0.05, 0) is 48.7 Å². The van der Waals surface area contributed by atoms with Crippen LogP contribution in [-0.2, 0) is 20.0 Å². The van der Waals surface area contributed by atoms with Gasteiger partial charge >= 0.3 is 0 Å². The largest absolute Gasteiger partial charge is 0.390 e. The zero-order valence-corrected chi connectivity index (χ0v) is 19.3. The Labute approximate surface area is 191 Å². The molecule has 0 saturated carbocycles. The summed E-state index contributed by atoms with van der Waals surface area (Å²) in [5.41, 5.74) is 5.74. The van der Waals surface area contributed by atoms with Crippen molar-refractivity contribution in [1.29, 1.82) is 0 Å². The van der Waals surface area contributed by atoms with Gasteiger partial charge in [0.2, 0.25) is 25.9 Å². The molecule has 3 atom stereocenters. The van der Waals surface area contributed by atoms with Gasteiger partial charge in [-0.15, -0.1) is 10.2 Å². The lowest BCUT2D eigenvalue weighted by Gasteiger charge is -2.37. The van der Waals surface area contributed by atoms with E-state index in [1.54, 1.807) is 0 Å². The van der Waals surface area contributed by atoms with Gasteiger partial charge in [-0.2, -0.15) is 5.21 Å². The highest BCUT2D eigenvalue weighted by atomic mass is 32.2. The van der Waals surface area contributed by atoms with Crippen LogP contribution in [-0.4, -0.2) is 87.9 Å². The van der Waals surface area contributed by atoms with Crippen LogP contribution in [0.15, 0.2) is 21.9 Å². The van der Waals surface area contributed by atoms with Crippen molar-refractivity contribution in [3.8, 4) is 11.4 Å². The van der Waals surface area contributed by atoms with E-state index in [-0.39, 0.29) is 17.9 Å². The molecule has 182 valence electrons. The van der Waals surface area contributed by atoms with E-state index >= 15 is 0 Å². The average molecular weight is 502 g/mol. The molecule has 4 rings (SSSR count). The number of aromatic nitrogens is 4. The van der Waals surface area contributed by atoms with Gasteiger partial charge in [0, 0.05) is 31.9 Å². The topological polar surface area (TPSA) is 222 Å². The van der Waals surface area contributed by atoms with E-state index in [2.05, 4.69) is 30.7 Å². The van der Waals surface area contributed by atoms with Gasteiger partial charge in [0.1, 0.15) is 9.79 Å². The van der Waals surface area contributed by atoms with E-state index in [4.69, 9.17) is 10.9 Å². The van der Waals surface area contributed by atoms with E-state index in [1.807, 2.05) is 4.90 Å². The number of sulfonamides is 2. The average Bonchev–Trinajstić information content (AvgIpc) is 3.47. The number of hydrogen-bond donors (Lipinski definition) is 6. The molecule has 1 aromatic carbocycles. The second kappa shape index (κ2) is 9.21. The van der Waals surface area contributed by atoms with Crippen molar-refractivity contribution >= 4 is 25.7 Å². The number of benzene rings is 1. The molecule has 0 spiro atoms. The second-order valence-corrected chi connectivity index (χ2v) is 11.5. The fourth-order valence-electron chi connectivity index (χ4n) is 4.42. The first kappa shape index (κ1) is 23.9. The number of aliphatic hydroxyl groups excluding tert-OH is 1. The van der Waals surface area contributed by atoms with Crippen molar-refractivity contribution in [3.05, 3.63) is 12.1 Å². The summed E-state index contributed by atoms with van der Waals surface area (Å²) in [6.45, 7) is 2.51. The summed E-state index contributed by atoms with van der Waals surface area (Å²) >= 11 is 0. The molecule has 0 aliphatic carbocycles. The maximum atomic E-state index is 13.0. The lowest BCUT2D eigenvalue weighted by molar-refractivity contribution is 0.186. The van der Waals surface area contributed by atoms with Gasteiger partial charge in [0.25, 0.3) is 0 Å². The van der Waals surface area contributed by atoms with Crippen molar-refractivity contribution in [2.24, 2.45) is 22.7 Å². The fraction of sp³-hybridized carbons (Fsp3) is 0.588. The lowest BCUT2D eigenvalue weighted by atomic mass is 9.88. The molecule has 0 amide bonds. The van der Waals surface area contributed by atoms with E-state index in [9.17, 15) is 21.9 Å². The second-order valence-electron chi connectivity index (χ2n) is 8.22. The molecule has 2 saturated heterocycles. The normalized spacial score (nSPS) is 22.3. The quantitative estimate of drug-likeness (QED) is 0.216. The van der Waals surface area contributed by atoms with Gasteiger partial charge in [-0.1, -0.05) is 0 Å². The zero-order chi connectivity index (χ0) is 23.8. The Morgan fingerprint density at radius 3 is 2.67 bits per heavy atom. The summed E-state index contributed by atoms with van der Waals surface area (Å²) in [6.07, 6.45) is -0.248. The van der Waals surface area contributed by atoms with E-state index in [1.165, 1.54) is 12.1 Å². The van der Waals surface area contributed by atoms with Crippen LogP contribution in [0.2, 0.25) is 0 Å². The van der Waals surface area contributed by atoms with Crippen molar-refractivity contribution < 1.29 is 21.9 Å². The van der Waals surface area contributed by atoms with Gasteiger partial charge < -0.3 is 21.1 Å². The minimum atomic E-state index is -4.56. The Hall–Kier alpha value is -2.21. The van der Waals surface area contributed by atoms with E-state index in [0.29, 0.717) is 30.6 Å². The highest BCUT2D eigenvalue weighted by molar-refractivity contribution is 7.92. The first-order chi connectivity index (χ1) is 15.6. The minimum Gasteiger partial charge on any atom is -0.390 e. The summed E-state index contributed by atoms with van der Waals surface area (Å²) in [5, 5.41) is 32.2.